The van der Waals surface area contributed by atoms with Crippen LogP contribution in [0.5, 0.6) is 0 Å². The topological polar surface area (TPSA) is 54.2 Å². The molecule has 1 aliphatic heterocycles. The molecule has 1 fully saturated rings. The second kappa shape index (κ2) is 4.72. The van der Waals surface area contributed by atoms with Gasteiger partial charge in [-0.2, -0.15) is 4.98 Å². The molecule has 2 heterocycles. The molecule has 0 radical (unpaired) electrons. The Bertz CT molecular complexity index is 308. The van der Waals surface area contributed by atoms with Crippen LogP contribution < -0.4 is 5.32 Å². The molecule has 1 N–H and O–H groups in total. The lowest BCUT2D eigenvalue weighted by atomic mass is 10.1. The Kier molecular flexibility index (Phi) is 3.33. The molecule has 0 amide bonds. The van der Waals surface area contributed by atoms with Gasteiger partial charge in [-0.3, -0.25) is 4.90 Å². The van der Waals surface area contributed by atoms with E-state index in [-0.39, 0.29) is 0 Å². The van der Waals surface area contributed by atoms with E-state index in [1.165, 1.54) is 0 Å². The van der Waals surface area contributed by atoms with Crippen molar-refractivity contribution in [3.8, 4) is 0 Å². The predicted octanol–water partition coefficient (Wildman–Crippen LogP) is 0.426. The Labute approximate surface area is 89.8 Å². The van der Waals surface area contributed by atoms with E-state index in [0.29, 0.717) is 6.04 Å². The molecule has 1 aromatic heterocycles. The number of likely N-dealkylation sites (N-methyl/N-ethyl adjacent to an activating group) is 1. The minimum atomic E-state index is 0.623. The van der Waals surface area contributed by atoms with E-state index in [9.17, 15) is 0 Å². The Morgan fingerprint density at radius 2 is 2.33 bits per heavy atom. The average Bonchev–Trinajstić information content (AvgIpc) is 2.49. The highest BCUT2D eigenvalue weighted by molar-refractivity contribution is 4.90. The van der Waals surface area contributed by atoms with E-state index in [0.717, 1.165) is 44.2 Å². The highest BCUT2D eigenvalue weighted by Gasteiger charge is 2.22. The average molecular weight is 210 g/mol. The third kappa shape index (κ3) is 2.54. The van der Waals surface area contributed by atoms with Crippen LogP contribution in [0.3, 0.4) is 0 Å². The van der Waals surface area contributed by atoms with Crippen molar-refractivity contribution in [1.29, 1.82) is 0 Å². The van der Waals surface area contributed by atoms with Crippen molar-refractivity contribution in [3.63, 3.8) is 0 Å². The number of nitrogens with one attached hydrogen (secondary N) is 1. The number of rotatable bonds is 5. The number of aromatic nitrogens is 2. The van der Waals surface area contributed by atoms with E-state index in [4.69, 9.17) is 4.52 Å². The van der Waals surface area contributed by atoms with Gasteiger partial charge in [-0.1, -0.05) is 12.1 Å². The first kappa shape index (κ1) is 10.6. The van der Waals surface area contributed by atoms with Gasteiger partial charge in [0.05, 0.1) is 6.54 Å². The van der Waals surface area contributed by atoms with Crippen molar-refractivity contribution in [2.24, 2.45) is 0 Å². The molecule has 0 bridgehead atoms. The van der Waals surface area contributed by atoms with E-state index in [1.54, 1.807) is 0 Å². The molecule has 1 aliphatic rings. The van der Waals surface area contributed by atoms with Gasteiger partial charge in [-0.05, 0) is 13.5 Å². The zero-order valence-electron chi connectivity index (χ0n) is 9.36. The molecule has 0 aliphatic carbocycles. The van der Waals surface area contributed by atoms with Crippen LogP contribution >= 0.6 is 0 Å². The fourth-order valence-corrected chi connectivity index (χ4v) is 1.61. The van der Waals surface area contributed by atoms with Gasteiger partial charge in [-0.15, -0.1) is 0 Å². The van der Waals surface area contributed by atoms with Crippen molar-refractivity contribution >= 4 is 0 Å². The van der Waals surface area contributed by atoms with Crippen molar-refractivity contribution in [1.82, 2.24) is 20.4 Å². The van der Waals surface area contributed by atoms with Crippen LogP contribution in [0.25, 0.3) is 0 Å². The minimum absolute atomic E-state index is 0.623. The van der Waals surface area contributed by atoms with Gasteiger partial charge in [0.2, 0.25) is 5.89 Å². The molecule has 1 aromatic rings. The summed E-state index contributed by atoms with van der Waals surface area (Å²) in [6, 6.07) is 0.623. The summed E-state index contributed by atoms with van der Waals surface area (Å²) in [6.07, 6.45) is 1.92. The molecular formula is C10H18N4O. The van der Waals surface area contributed by atoms with Crippen LogP contribution in [0.4, 0.5) is 0 Å². The number of hydrogen-bond acceptors (Lipinski definition) is 5. The van der Waals surface area contributed by atoms with E-state index < -0.39 is 0 Å². The number of nitrogens with zero attached hydrogens (tertiary/aromatic N) is 3. The minimum Gasteiger partial charge on any atom is -0.339 e. The summed E-state index contributed by atoms with van der Waals surface area (Å²) >= 11 is 0. The third-order valence-electron chi connectivity index (χ3n) is 2.75. The molecular weight excluding hydrogens is 192 g/mol. The third-order valence-corrected chi connectivity index (χ3v) is 2.75. The summed E-state index contributed by atoms with van der Waals surface area (Å²) in [6.45, 7) is 5.02. The van der Waals surface area contributed by atoms with Crippen LogP contribution in [0, 0.1) is 0 Å². The fraction of sp³-hybridized carbons (Fsp3) is 0.800. The SMILES string of the molecule is CCCc1nc(CN(C)C2CNC2)no1. The van der Waals surface area contributed by atoms with Crippen molar-refractivity contribution in [2.75, 3.05) is 20.1 Å². The highest BCUT2D eigenvalue weighted by atomic mass is 16.5. The predicted molar refractivity (Wildman–Crippen MR) is 56.4 cm³/mol. The fourth-order valence-electron chi connectivity index (χ4n) is 1.61. The zero-order chi connectivity index (χ0) is 10.7. The molecule has 2 rings (SSSR count). The van der Waals surface area contributed by atoms with Crippen LogP contribution in [0.1, 0.15) is 25.1 Å². The summed E-state index contributed by atoms with van der Waals surface area (Å²) in [5, 5.41) is 7.21. The van der Waals surface area contributed by atoms with Crippen molar-refractivity contribution < 1.29 is 4.52 Å². The molecule has 1 saturated heterocycles. The van der Waals surface area contributed by atoms with E-state index in [1.807, 2.05) is 0 Å². The van der Waals surface area contributed by atoms with Gasteiger partial charge >= 0.3 is 0 Å². The van der Waals surface area contributed by atoms with E-state index >= 15 is 0 Å². The first-order valence-corrected chi connectivity index (χ1v) is 5.52. The number of hydrogen-bond donors (Lipinski definition) is 1. The molecule has 15 heavy (non-hydrogen) atoms. The molecule has 0 unspecified atom stereocenters. The summed E-state index contributed by atoms with van der Waals surface area (Å²) in [5.41, 5.74) is 0. The Balaban J connectivity index is 1.86. The maximum atomic E-state index is 5.13. The molecule has 0 saturated carbocycles. The zero-order valence-corrected chi connectivity index (χ0v) is 9.36. The molecule has 0 atom stereocenters. The normalized spacial score (nSPS) is 17.0. The van der Waals surface area contributed by atoms with Crippen LogP contribution in [-0.4, -0.2) is 41.2 Å². The Morgan fingerprint density at radius 1 is 1.53 bits per heavy atom. The smallest absolute Gasteiger partial charge is 0.226 e. The standard InChI is InChI=1S/C10H18N4O/c1-3-4-10-12-9(13-15-10)7-14(2)8-5-11-6-8/h8,11H,3-7H2,1-2H3. The first-order chi connectivity index (χ1) is 7.29. The molecule has 5 nitrogen and oxygen atoms in total. The maximum absolute atomic E-state index is 5.13. The quantitative estimate of drug-likeness (QED) is 0.763. The monoisotopic (exact) mass is 210 g/mol. The summed E-state index contributed by atoms with van der Waals surface area (Å²) in [7, 11) is 2.10. The molecule has 0 aromatic carbocycles. The van der Waals surface area contributed by atoms with Crippen molar-refractivity contribution in [3.05, 3.63) is 11.7 Å². The van der Waals surface area contributed by atoms with Gasteiger partial charge in [0.25, 0.3) is 0 Å². The molecule has 5 heteroatoms. The van der Waals surface area contributed by atoms with Crippen LogP contribution in [0.15, 0.2) is 4.52 Å². The summed E-state index contributed by atoms with van der Waals surface area (Å²) < 4.78 is 5.13. The molecule has 0 spiro atoms. The lowest BCUT2D eigenvalue weighted by Gasteiger charge is -2.34. The lowest BCUT2D eigenvalue weighted by molar-refractivity contribution is 0.168. The Morgan fingerprint density at radius 3 is 2.93 bits per heavy atom. The largest absolute Gasteiger partial charge is 0.339 e. The van der Waals surface area contributed by atoms with Crippen LogP contribution in [-0.2, 0) is 13.0 Å². The van der Waals surface area contributed by atoms with Gasteiger partial charge in [0.15, 0.2) is 5.82 Å². The Hall–Kier alpha value is -0.940. The van der Waals surface area contributed by atoms with Crippen molar-refractivity contribution in [2.45, 2.75) is 32.4 Å². The van der Waals surface area contributed by atoms with Gasteiger partial charge < -0.3 is 9.84 Å². The summed E-state index contributed by atoms with van der Waals surface area (Å²) in [4.78, 5) is 6.60. The summed E-state index contributed by atoms with van der Waals surface area (Å²) in [5.74, 6) is 1.56. The van der Waals surface area contributed by atoms with Gasteiger partial charge in [-0.25, -0.2) is 0 Å². The second-order valence-corrected chi connectivity index (χ2v) is 4.08. The lowest BCUT2D eigenvalue weighted by Crippen LogP contribution is -2.55. The van der Waals surface area contributed by atoms with Crippen LogP contribution in [0.2, 0.25) is 0 Å². The second-order valence-electron chi connectivity index (χ2n) is 4.08. The van der Waals surface area contributed by atoms with Gasteiger partial charge in [0.1, 0.15) is 0 Å². The van der Waals surface area contributed by atoms with E-state index in [2.05, 4.69) is 34.3 Å². The first-order valence-electron chi connectivity index (χ1n) is 5.52. The maximum Gasteiger partial charge on any atom is 0.226 e. The highest BCUT2D eigenvalue weighted by Crippen LogP contribution is 2.07. The number of aryl methyl sites for hydroxylation is 1. The van der Waals surface area contributed by atoms with Gasteiger partial charge in [0, 0.05) is 25.6 Å². The molecule has 84 valence electrons.